The van der Waals surface area contributed by atoms with Gasteiger partial charge in [0.2, 0.25) is 0 Å². The summed E-state index contributed by atoms with van der Waals surface area (Å²) in [7, 11) is 0. The summed E-state index contributed by atoms with van der Waals surface area (Å²) in [6, 6.07) is 7.90. The molecule has 2 N–H and O–H groups in total. The molecule has 20 heavy (non-hydrogen) atoms. The summed E-state index contributed by atoms with van der Waals surface area (Å²) in [5, 5.41) is 0. The van der Waals surface area contributed by atoms with Crippen molar-refractivity contribution in [3.05, 3.63) is 69.8 Å². The molecule has 2 aromatic rings. The van der Waals surface area contributed by atoms with Crippen LogP contribution in [0.2, 0.25) is 0 Å². The van der Waals surface area contributed by atoms with E-state index in [1.54, 1.807) is 6.07 Å². The zero-order chi connectivity index (χ0) is 14.9. The van der Waals surface area contributed by atoms with Crippen LogP contribution in [0.5, 0.6) is 0 Å². The molecule has 0 aromatic heterocycles. The average molecular weight is 275 g/mol. The van der Waals surface area contributed by atoms with E-state index in [-0.39, 0.29) is 6.04 Å². The lowest BCUT2D eigenvalue weighted by Crippen LogP contribution is -2.16. The largest absolute Gasteiger partial charge is 0.324 e. The van der Waals surface area contributed by atoms with Crippen molar-refractivity contribution in [3.8, 4) is 0 Å². The summed E-state index contributed by atoms with van der Waals surface area (Å²) >= 11 is 0. The Kier molecular flexibility index (Phi) is 4.19. The average Bonchev–Trinajstić information content (AvgIpc) is 2.32. The molecule has 2 aromatic carbocycles. The second kappa shape index (κ2) is 5.71. The van der Waals surface area contributed by atoms with Crippen LogP contribution in [-0.4, -0.2) is 0 Å². The van der Waals surface area contributed by atoms with Gasteiger partial charge >= 0.3 is 0 Å². The van der Waals surface area contributed by atoms with Crippen LogP contribution >= 0.6 is 0 Å². The number of rotatable bonds is 3. The van der Waals surface area contributed by atoms with Crippen LogP contribution in [0, 0.1) is 32.4 Å². The van der Waals surface area contributed by atoms with Crippen molar-refractivity contribution in [2.75, 3.05) is 0 Å². The Labute approximate surface area is 118 Å². The van der Waals surface area contributed by atoms with Crippen LogP contribution in [0.3, 0.4) is 0 Å². The van der Waals surface area contributed by atoms with Gasteiger partial charge in [-0.3, -0.25) is 0 Å². The van der Waals surface area contributed by atoms with Crippen LogP contribution in [0.25, 0.3) is 0 Å². The first kappa shape index (κ1) is 14.7. The van der Waals surface area contributed by atoms with Gasteiger partial charge in [0.05, 0.1) is 0 Å². The van der Waals surface area contributed by atoms with Crippen molar-refractivity contribution in [2.24, 2.45) is 5.73 Å². The monoisotopic (exact) mass is 275 g/mol. The van der Waals surface area contributed by atoms with Gasteiger partial charge in [0.1, 0.15) is 0 Å². The molecular formula is C17H19F2N. The molecule has 0 spiro atoms. The van der Waals surface area contributed by atoms with E-state index in [0.29, 0.717) is 12.0 Å². The normalized spacial score (nSPS) is 12.5. The third-order valence-electron chi connectivity index (χ3n) is 3.55. The Morgan fingerprint density at radius 1 is 0.950 bits per heavy atom. The lowest BCUT2D eigenvalue weighted by atomic mass is 9.91. The Balaban J connectivity index is 2.28. The van der Waals surface area contributed by atoms with E-state index >= 15 is 0 Å². The number of hydrogen-bond donors (Lipinski definition) is 1. The van der Waals surface area contributed by atoms with Gasteiger partial charge < -0.3 is 5.73 Å². The molecule has 0 aliphatic carbocycles. The molecule has 0 fully saturated rings. The van der Waals surface area contributed by atoms with Gasteiger partial charge in [0, 0.05) is 6.04 Å². The Hall–Kier alpha value is -1.74. The van der Waals surface area contributed by atoms with Crippen molar-refractivity contribution in [2.45, 2.75) is 33.2 Å². The van der Waals surface area contributed by atoms with Gasteiger partial charge in [-0.1, -0.05) is 23.8 Å². The lowest BCUT2D eigenvalue weighted by Gasteiger charge is -2.18. The van der Waals surface area contributed by atoms with E-state index in [1.165, 1.54) is 11.6 Å². The predicted molar refractivity (Wildman–Crippen MR) is 77.6 cm³/mol. The molecular weight excluding hydrogens is 256 g/mol. The fourth-order valence-corrected chi connectivity index (χ4v) is 2.80. The molecule has 2 rings (SSSR count). The molecule has 0 amide bonds. The summed E-state index contributed by atoms with van der Waals surface area (Å²) in [4.78, 5) is 0. The molecule has 0 saturated heterocycles. The fraction of sp³-hybridized carbons (Fsp3) is 0.294. The van der Waals surface area contributed by atoms with Gasteiger partial charge in [-0.25, -0.2) is 8.78 Å². The van der Waals surface area contributed by atoms with Gasteiger partial charge in [-0.05, 0) is 61.6 Å². The predicted octanol–water partition coefficient (Wildman–Crippen LogP) is 4.13. The Morgan fingerprint density at radius 2 is 1.55 bits per heavy atom. The van der Waals surface area contributed by atoms with Gasteiger partial charge in [0.25, 0.3) is 0 Å². The molecule has 3 heteroatoms. The molecule has 0 heterocycles. The number of nitrogens with two attached hydrogens (primary N) is 1. The second-order valence-electron chi connectivity index (χ2n) is 5.37. The van der Waals surface area contributed by atoms with Gasteiger partial charge in [-0.15, -0.1) is 0 Å². The van der Waals surface area contributed by atoms with Crippen LogP contribution in [-0.2, 0) is 6.42 Å². The highest BCUT2D eigenvalue weighted by Gasteiger charge is 2.14. The summed E-state index contributed by atoms with van der Waals surface area (Å²) < 4.78 is 26.2. The summed E-state index contributed by atoms with van der Waals surface area (Å²) in [6.45, 7) is 6.10. The highest BCUT2D eigenvalue weighted by molar-refractivity contribution is 5.40. The third kappa shape index (κ3) is 3.05. The van der Waals surface area contributed by atoms with E-state index in [1.807, 2.05) is 20.8 Å². The molecule has 0 aliphatic heterocycles. The van der Waals surface area contributed by atoms with Crippen molar-refractivity contribution in [1.82, 2.24) is 0 Å². The van der Waals surface area contributed by atoms with Crippen LogP contribution < -0.4 is 5.73 Å². The molecule has 1 nitrogen and oxygen atoms in total. The smallest absolute Gasteiger partial charge is 0.159 e. The first-order valence-electron chi connectivity index (χ1n) is 6.65. The number of hydrogen-bond acceptors (Lipinski definition) is 1. The number of halogens is 2. The SMILES string of the molecule is Cc1cc(C)c(C(N)Cc2ccc(F)c(F)c2)c(C)c1. The number of benzene rings is 2. The Morgan fingerprint density at radius 3 is 2.10 bits per heavy atom. The molecule has 106 valence electrons. The van der Waals surface area contributed by atoms with Gasteiger partial charge in [0.15, 0.2) is 11.6 Å². The molecule has 1 atom stereocenters. The quantitative estimate of drug-likeness (QED) is 0.895. The number of aryl methyl sites for hydroxylation is 3. The van der Waals surface area contributed by atoms with Crippen molar-refractivity contribution >= 4 is 0 Å². The summed E-state index contributed by atoms with van der Waals surface area (Å²) in [5.74, 6) is -1.66. The summed E-state index contributed by atoms with van der Waals surface area (Å²) in [6.07, 6.45) is 0.488. The van der Waals surface area contributed by atoms with Crippen molar-refractivity contribution < 1.29 is 8.78 Å². The van der Waals surface area contributed by atoms with Crippen molar-refractivity contribution in [1.29, 1.82) is 0 Å². The topological polar surface area (TPSA) is 26.0 Å². The molecule has 0 saturated carbocycles. The highest BCUT2D eigenvalue weighted by Crippen LogP contribution is 2.25. The zero-order valence-electron chi connectivity index (χ0n) is 12.0. The fourth-order valence-electron chi connectivity index (χ4n) is 2.80. The minimum absolute atomic E-state index is 0.222. The maximum absolute atomic E-state index is 13.2. The van der Waals surface area contributed by atoms with E-state index in [2.05, 4.69) is 12.1 Å². The minimum atomic E-state index is -0.829. The van der Waals surface area contributed by atoms with Crippen molar-refractivity contribution in [3.63, 3.8) is 0 Å². The molecule has 0 bridgehead atoms. The van der Waals surface area contributed by atoms with Crippen LogP contribution in [0.4, 0.5) is 8.78 Å². The lowest BCUT2D eigenvalue weighted by molar-refractivity contribution is 0.506. The maximum atomic E-state index is 13.2. The standard InChI is InChI=1S/C17H19F2N/c1-10-6-11(2)17(12(3)7-10)16(20)9-13-4-5-14(18)15(19)8-13/h4-8,16H,9,20H2,1-3H3. The van der Waals surface area contributed by atoms with Crippen LogP contribution in [0.15, 0.2) is 30.3 Å². The molecule has 1 unspecified atom stereocenters. The molecule has 0 radical (unpaired) electrons. The third-order valence-corrected chi connectivity index (χ3v) is 3.55. The molecule has 0 aliphatic rings. The minimum Gasteiger partial charge on any atom is -0.324 e. The van der Waals surface area contributed by atoms with E-state index in [9.17, 15) is 8.78 Å². The second-order valence-corrected chi connectivity index (χ2v) is 5.37. The zero-order valence-corrected chi connectivity index (χ0v) is 12.0. The summed E-state index contributed by atoms with van der Waals surface area (Å²) in [5.41, 5.74) is 11.5. The van der Waals surface area contributed by atoms with E-state index < -0.39 is 11.6 Å². The van der Waals surface area contributed by atoms with Gasteiger partial charge in [-0.2, -0.15) is 0 Å². The van der Waals surface area contributed by atoms with E-state index in [0.717, 1.165) is 22.8 Å². The first-order valence-corrected chi connectivity index (χ1v) is 6.65. The first-order chi connectivity index (χ1) is 9.38. The van der Waals surface area contributed by atoms with E-state index in [4.69, 9.17) is 5.73 Å². The van der Waals surface area contributed by atoms with Crippen LogP contribution in [0.1, 0.15) is 33.9 Å². The Bertz CT molecular complexity index is 612. The maximum Gasteiger partial charge on any atom is 0.159 e. The highest BCUT2D eigenvalue weighted by atomic mass is 19.2.